The number of hydrogen-bond donors (Lipinski definition) is 1. The molecule has 0 spiro atoms. The molecule has 3 nitrogen and oxygen atoms in total. The molecule has 1 heterocycles. The fourth-order valence-electron chi connectivity index (χ4n) is 1.16. The van der Waals surface area contributed by atoms with Crippen molar-refractivity contribution >= 4 is 28.9 Å². The number of hydrogen-bond acceptors (Lipinski definition) is 3. The van der Waals surface area contributed by atoms with Gasteiger partial charge in [-0.1, -0.05) is 11.6 Å². The average Bonchev–Trinajstić information content (AvgIpc) is 2.72. The van der Waals surface area contributed by atoms with E-state index in [4.69, 9.17) is 21.4 Å². The van der Waals surface area contributed by atoms with E-state index >= 15 is 0 Å². The first-order valence-corrected chi connectivity index (χ1v) is 5.77. The summed E-state index contributed by atoms with van der Waals surface area (Å²) in [7, 11) is 0. The number of carboxylic acids is 1. The molecular formula is C11H6ClFO3S. The Morgan fingerprint density at radius 2 is 2.12 bits per heavy atom. The zero-order valence-electron chi connectivity index (χ0n) is 8.31. The van der Waals surface area contributed by atoms with E-state index in [9.17, 15) is 9.18 Å². The van der Waals surface area contributed by atoms with Crippen molar-refractivity contribution in [3.05, 3.63) is 45.4 Å². The maximum Gasteiger partial charge on any atom is 0.346 e. The van der Waals surface area contributed by atoms with E-state index in [2.05, 4.69) is 0 Å². The highest BCUT2D eigenvalue weighted by atomic mass is 35.5. The van der Waals surface area contributed by atoms with Gasteiger partial charge in [0, 0.05) is 17.5 Å². The van der Waals surface area contributed by atoms with Crippen molar-refractivity contribution in [1.82, 2.24) is 0 Å². The third-order valence-corrected chi connectivity index (χ3v) is 3.10. The second kappa shape index (κ2) is 4.73. The molecule has 0 saturated heterocycles. The number of halogens is 2. The molecule has 0 bridgehead atoms. The van der Waals surface area contributed by atoms with Crippen LogP contribution in [0.5, 0.6) is 11.5 Å². The number of aromatic carboxylic acids is 1. The molecule has 0 radical (unpaired) electrons. The van der Waals surface area contributed by atoms with Crippen LogP contribution in [-0.4, -0.2) is 11.1 Å². The molecule has 0 amide bonds. The summed E-state index contributed by atoms with van der Waals surface area (Å²) >= 11 is 6.64. The molecule has 1 aromatic heterocycles. The summed E-state index contributed by atoms with van der Waals surface area (Å²) in [6, 6.07) is 5.32. The minimum Gasteiger partial charge on any atom is -0.477 e. The van der Waals surface area contributed by atoms with E-state index in [0.717, 1.165) is 11.3 Å². The summed E-state index contributed by atoms with van der Waals surface area (Å²) in [5, 5.41) is 10.2. The van der Waals surface area contributed by atoms with Gasteiger partial charge in [0.1, 0.15) is 22.2 Å². The molecule has 1 N–H and O–H groups in total. The van der Waals surface area contributed by atoms with Crippen LogP contribution in [0.25, 0.3) is 0 Å². The van der Waals surface area contributed by atoms with Gasteiger partial charge in [-0.3, -0.25) is 0 Å². The first-order valence-electron chi connectivity index (χ1n) is 4.51. The molecular weight excluding hydrogens is 267 g/mol. The number of carboxylic acid groups (broad SMARTS) is 1. The van der Waals surface area contributed by atoms with E-state index in [1.165, 1.54) is 24.3 Å². The molecule has 0 saturated carbocycles. The van der Waals surface area contributed by atoms with Crippen LogP contribution in [0.15, 0.2) is 29.6 Å². The lowest BCUT2D eigenvalue weighted by atomic mass is 10.3. The van der Waals surface area contributed by atoms with Crippen LogP contribution in [0.1, 0.15) is 9.67 Å². The Morgan fingerprint density at radius 3 is 2.71 bits per heavy atom. The normalized spacial score (nSPS) is 10.2. The molecule has 0 fully saturated rings. The molecule has 0 unspecified atom stereocenters. The Balaban J connectivity index is 2.19. The topological polar surface area (TPSA) is 46.5 Å². The van der Waals surface area contributed by atoms with Gasteiger partial charge >= 0.3 is 5.97 Å². The Hall–Kier alpha value is -1.59. The predicted molar refractivity (Wildman–Crippen MR) is 62.8 cm³/mol. The van der Waals surface area contributed by atoms with Gasteiger partial charge in [0.15, 0.2) is 0 Å². The first-order chi connectivity index (χ1) is 8.06. The van der Waals surface area contributed by atoms with Gasteiger partial charge in [0.25, 0.3) is 0 Å². The zero-order chi connectivity index (χ0) is 12.4. The van der Waals surface area contributed by atoms with Gasteiger partial charge in [-0.05, 0) is 12.1 Å². The Bertz CT molecular complexity index is 568. The molecule has 17 heavy (non-hydrogen) atoms. The highest BCUT2D eigenvalue weighted by Crippen LogP contribution is 2.29. The van der Waals surface area contributed by atoms with Gasteiger partial charge in [-0.15, -0.1) is 11.3 Å². The van der Waals surface area contributed by atoms with Crippen molar-refractivity contribution in [2.45, 2.75) is 0 Å². The van der Waals surface area contributed by atoms with Crippen LogP contribution in [0.2, 0.25) is 5.02 Å². The number of ether oxygens (including phenoxy) is 1. The Morgan fingerprint density at radius 1 is 1.35 bits per heavy atom. The van der Waals surface area contributed by atoms with Crippen LogP contribution in [0.3, 0.4) is 0 Å². The Labute approximate surface area is 105 Å². The van der Waals surface area contributed by atoms with E-state index in [1.807, 2.05) is 0 Å². The largest absolute Gasteiger partial charge is 0.477 e. The number of rotatable bonds is 3. The highest BCUT2D eigenvalue weighted by Gasteiger charge is 2.09. The Kier molecular flexibility index (Phi) is 3.31. The van der Waals surface area contributed by atoms with Gasteiger partial charge < -0.3 is 9.84 Å². The number of thiophene rings is 1. The van der Waals surface area contributed by atoms with E-state index in [1.54, 1.807) is 5.38 Å². The molecule has 0 aliphatic rings. The summed E-state index contributed by atoms with van der Waals surface area (Å²) in [6.45, 7) is 0. The monoisotopic (exact) mass is 272 g/mol. The second-order valence-electron chi connectivity index (χ2n) is 3.13. The quantitative estimate of drug-likeness (QED) is 0.917. The summed E-state index contributed by atoms with van der Waals surface area (Å²) in [5.74, 6) is -0.807. The van der Waals surface area contributed by atoms with Crippen molar-refractivity contribution in [2.24, 2.45) is 0 Å². The summed E-state index contributed by atoms with van der Waals surface area (Å²) < 4.78 is 18.2. The maximum atomic E-state index is 12.9. The van der Waals surface area contributed by atoms with Crippen molar-refractivity contribution in [3.63, 3.8) is 0 Å². The van der Waals surface area contributed by atoms with Crippen molar-refractivity contribution in [1.29, 1.82) is 0 Å². The van der Waals surface area contributed by atoms with Crippen molar-refractivity contribution in [3.8, 4) is 11.5 Å². The van der Waals surface area contributed by atoms with Crippen LogP contribution in [-0.2, 0) is 0 Å². The average molecular weight is 273 g/mol. The lowest BCUT2D eigenvalue weighted by molar-refractivity contribution is 0.0702. The molecule has 1 aromatic carbocycles. The molecule has 88 valence electrons. The minimum absolute atomic E-state index is 0.0452. The second-order valence-corrected chi connectivity index (χ2v) is 4.45. The molecule has 6 heteroatoms. The van der Waals surface area contributed by atoms with Crippen LogP contribution < -0.4 is 4.74 Å². The first kappa shape index (κ1) is 11.9. The van der Waals surface area contributed by atoms with Crippen LogP contribution >= 0.6 is 22.9 Å². The van der Waals surface area contributed by atoms with Gasteiger partial charge in [0.05, 0.1) is 5.02 Å². The molecule has 0 atom stereocenters. The summed E-state index contributed by atoms with van der Waals surface area (Å²) in [5.41, 5.74) is 0. The smallest absolute Gasteiger partial charge is 0.346 e. The summed E-state index contributed by atoms with van der Waals surface area (Å²) in [6.07, 6.45) is 0. The van der Waals surface area contributed by atoms with Crippen molar-refractivity contribution in [2.75, 3.05) is 0 Å². The SMILES string of the molecule is O=C(O)c1cc(Oc2ccc(F)c(Cl)c2)cs1. The third kappa shape index (κ3) is 2.75. The lowest BCUT2D eigenvalue weighted by Gasteiger charge is -2.03. The van der Waals surface area contributed by atoms with E-state index in [-0.39, 0.29) is 9.90 Å². The molecule has 0 aliphatic carbocycles. The van der Waals surface area contributed by atoms with E-state index < -0.39 is 11.8 Å². The lowest BCUT2D eigenvalue weighted by Crippen LogP contribution is -1.90. The highest BCUT2D eigenvalue weighted by molar-refractivity contribution is 7.12. The fourth-order valence-corrected chi connectivity index (χ4v) is 1.98. The minimum atomic E-state index is -1.01. The standard InChI is InChI=1S/C11H6ClFO3S/c12-8-3-6(1-2-9(8)13)16-7-4-10(11(14)15)17-5-7/h1-5H,(H,14,15). The summed E-state index contributed by atoms with van der Waals surface area (Å²) in [4.78, 5) is 10.8. The van der Waals surface area contributed by atoms with Crippen LogP contribution in [0.4, 0.5) is 4.39 Å². The maximum absolute atomic E-state index is 12.9. The number of benzene rings is 1. The van der Waals surface area contributed by atoms with E-state index in [0.29, 0.717) is 11.5 Å². The molecule has 2 aromatic rings. The van der Waals surface area contributed by atoms with Crippen molar-refractivity contribution < 1.29 is 19.0 Å². The number of carbonyl (C=O) groups is 1. The van der Waals surface area contributed by atoms with Gasteiger partial charge in [-0.25, -0.2) is 9.18 Å². The zero-order valence-corrected chi connectivity index (χ0v) is 9.89. The predicted octanol–water partition coefficient (Wildman–Crippen LogP) is 4.03. The molecule has 0 aliphatic heterocycles. The molecule has 2 rings (SSSR count). The fraction of sp³-hybridized carbons (Fsp3) is 0. The van der Waals surface area contributed by atoms with Gasteiger partial charge in [-0.2, -0.15) is 0 Å². The van der Waals surface area contributed by atoms with Gasteiger partial charge in [0.2, 0.25) is 0 Å². The third-order valence-electron chi connectivity index (χ3n) is 1.91. The van der Waals surface area contributed by atoms with Crippen LogP contribution in [0, 0.1) is 5.82 Å².